The van der Waals surface area contributed by atoms with Crippen LogP contribution in [0, 0.1) is 13.8 Å². The highest BCUT2D eigenvalue weighted by atomic mass is 35.5. The van der Waals surface area contributed by atoms with Gasteiger partial charge in [0.25, 0.3) is 0 Å². The second kappa shape index (κ2) is 7.62. The van der Waals surface area contributed by atoms with E-state index in [9.17, 15) is 0 Å². The van der Waals surface area contributed by atoms with E-state index >= 15 is 0 Å². The van der Waals surface area contributed by atoms with Crippen LogP contribution in [0.15, 0.2) is 29.3 Å². The van der Waals surface area contributed by atoms with E-state index in [1.54, 1.807) is 12.1 Å². The molecule has 0 bridgehead atoms. The second-order valence-corrected chi connectivity index (χ2v) is 6.12. The van der Waals surface area contributed by atoms with Crippen LogP contribution in [0.25, 0.3) is 0 Å². The fraction of sp³-hybridized carbons (Fsp3) is 0.312. The molecule has 0 amide bonds. The Kier molecular flexibility index (Phi) is 5.80. The maximum Gasteiger partial charge on any atom is 0.189 e. The zero-order valence-electron chi connectivity index (χ0n) is 13.3. The molecule has 3 N–H and O–H groups in total. The number of aliphatic imine (C=N–C) groups is 1. The van der Waals surface area contributed by atoms with Gasteiger partial charge in [0.05, 0.1) is 18.3 Å². The molecule has 1 heterocycles. The van der Waals surface area contributed by atoms with Crippen molar-refractivity contribution in [2.75, 3.05) is 0 Å². The van der Waals surface area contributed by atoms with Gasteiger partial charge >= 0.3 is 0 Å². The first-order chi connectivity index (χ1) is 10.8. The van der Waals surface area contributed by atoms with Crippen molar-refractivity contribution in [1.29, 1.82) is 0 Å². The van der Waals surface area contributed by atoms with Gasteiger partial charge in [0.2, 0.25) is 0 Å². The van der Waals surface area contributed by atoms with Crippen molar-refractivity contribution in [1.82, 2.24) is 15.3 Å². The van der Waals surface area contributed by atoms with Gasteiger partial charge in [-0.05, 0) is 44.5 Å². The van der Waals surface area contributed by atoms with Gasteiger partial charge in [-0.15, -0.1) is 0 Å². The smallest absolute Gasteiger partial charge is 0.189 e. The average molecular weight is 352 g/mol. The molecule has 1 aromatic heterocycles. The van der Waals surface area contributed by atoms with Crippen LogP contribution < -0.4 is 11.1 Å². The van der Waals surface area contributed by atoms with Crippen molar-refractivity contribution in [3.8, 4) is 0 Å². The Morgan fingerprint density at radius 3 is 2.65 bits per heavy atom. The SMILES string of the molecule is Cc1cc(CN=C(N)NC(C)c2ccc(Cl)cc2Cl)nc(C)n1. The first-order valence-electron chi connectivity index (χ1n) is 7.17. The first-order valence-corrected chi connectivity index (χ1v) is 7.93. The molecule has 1 atom stereocenters. The van der Waals surface area contributed by atoms with Crippen molar-refractivity contribution in [3.63, 3.8) is 0 Å². The maximum atomic E-state index is 6.19. The number of aryl methyl sites for hydroxylation is 2. The minimum Gasteiger partial charge on any atom is -0.370 e. The number of nitrogens with one attached hydrogen (secondary N) is 1. The molecular formula is C16H19Cl2N5. The fourth-order valence-electron chi connectivity index (χ4n) is 2.24. The highest BCUT2D eigenvalue weighted by Crippen LogP contribution is 2.25. The Morgan fingerprint density at radius 2 is 2.00 bits per heavy atom. The molecular weight excluding hydrogens is 333 g/mol. The van der Waals surface area contributed by atoms with E-state index in [1.165, 1.54) is 0 Å². The number of aromatic nitrogens is 2. The van der Waals surface area contributed by atoms with E-state index < -0.39 is 0 Å². The van der Waals surface area contributed by atoms with Gasteiger partial charge in [0.15, 0.2) is 5.96 Å². The lowest BCUT2D eigenvalue weighted by Crippen LogP contribution is -2.34. The summed E-state index contributed by atoms with van der Waals surface area (Å²) in [5, 5.41) is 4.30. The van der Waals surface area contributed by atoms with Crippen LogP contribution in [-0.2, 0) is 6.54 Å². The summed E-state index contributed by atoms with van der Waals surface area (Å²) < 4.78 is 0. The molecule has 0 aliphatic carbocycles. The van der Waals surface area contributed by atoms with Crippen LogP contribution in [0.1, 0.15) is 35.7 Å². The lowest BCUT2D eigenvalue weighted by Gasteiger charge is -2.16. The van der Waals surface area contributed by atoms with Crippen LogP contribution in [0.3, 0.4) is 0 Å². The largest absolute Gasteiger partial charge is 0.370 e. The summed E-state index contributed by atoms with van der Waals surface area (Å²) in [6.45, 7) is 6.13. The molecule has 122 valence electrons. The molecule has 1 unspecified atom stereocenters. The molecule has 0 fully saturated rings. The molecule has 2 rings (SSSR count). The summed E-state index contributed by atoms with van der Waals surface area (Å²) in [5.74, 6) is 1.06. The van der Waals surface area contributed by atoms with E-state index in [1.807, 2.05) is 32.9 Å². The number of hydrogen-bond acceptors (Lipinski definition) is 3. The van der Waals surface area contributed by atoms with Gasteiger partial charge in [-0.25, -0.2) is 15.0 Å². The van der Waals surface area contributed by atoms with Gasteiger partial charge in [-0.2, -0.15) is 0 Å². The standard InChI is InChI=1S/C16H19Cl2N5/c1-9-6-13(23-11(3)21-9)8-20-16(19)22-10(2)14-5-4-12(17)7-15(14)18/h4-7,10H,8H2,1-3H3,(H3,19,20,22). The quantitative estimate of drug-likeness (QED) is 0.652. The van der Waals surface area contributed by atoms with E-state index in [4.69, 9.17) is 28.9 Å². The third-order valence-corrected chi connectivity index (χ3v) is 3.79. The Morgan fingerprint density at radius 1 is 1.26 bits per heavy atom. The molecule has 0 saturated carbocycles. The molecule has 0 aliphatic heterocycles. The third kappa shape index (κ3) is 5.08. The van der Waals surface area contributed by atoms with Crippen LogP contribution in [0.2, 0.25) is 10.0 Å². The predicted octanol–water partition coefficient (Wildman–Crippen LogP) is 3.57. The summed E-state index contributed by atoms with van der Waals surface area (Å²) in [7, 11) is 0. The normalized spacial score (nSPS) is 13.0. The number of guanidine groups is 1. The van der Waals surface area contributed by atoms with Gasteiger partial charge in [0.1, 0.15) is 5.82 Å². The Labute approximate surface area is 146 Å². The lowest BCUT2D eigenvalue weighted by molar-refractivity contribution is 0.707. The van der Waals surface area contributed by atoms with Crippen molar-refractivity contribution >= 4 is 29.2 Å². The van der Waals surface area contributed by atoms with E-state index in [2.05, 4.69) is 20.3 Å². The topological polar surface area (TPSA) is 76.2 Å². The lowest BCUT2D eigenvalue weighted by atomic mass is 10.1. The average Bonchev–Trinajstić information content (AvgIpc) is 2.44. The Bertz CT molecular complexity index is 710. The van der Waals surface area contributed by atoms with E-state index in [0.29, 0.717) is 22.5 Å². The molecule has 0 radical (unpaired) electrons. The predicted molar refractivity (Wildman–Crippen MR) is 94.8 cm³/mol. The summed E-state index contributed by atoms with van der Waals surface area (Å²) in [6, 6.07) is 7.17. The monoisotopic (exact) mass is 351 g/mol. The molecule has 5 nitrogen and oxygen atoms in total. The zero-order valence-corrected chi connectivity index (χ0v) is 14.8. The number of halogens is 2. The summed E-state index contributed by atoms with van der Waals surface area (Å²) in [4.78, 5) is 12.9. The number of benzene rings is 1. The van der Waals surface area contributed by atoms with Gasteiger partial charge in [-0.3, -0.25) is 0 Å². The minimum atomic E-state index is -0.0858. The highest BCUT2D eigenvalue weighted by Gasteiger charge is 2.10. The second-order valence-electron chi connectivity index (χ2n) is 5.28. The van der Waals surface area contributed by atoms with E-state index in [-0.39, 0.29) is 6.04 Å². The van der Waals surface area contributed by atoms with Crippen molar-refractivity contribution < 1.29 is 0 Å². The molecule has 0 spiro atoms. The molecule has 23 heavy (non-hydrogen) atoms. The first kappa shape index (κ1) is 17.5. The van der Waals surface area contributed by atoms with Crippen molar-refractivity contribution in [2.45, 2.75) is 33.4 Å². The molecule has 1 aromatic carbocycles. The maximum absolute atomic E-state index is 6.19. The van der Waals surface area contributed by atoms with Crippen molar-refractivity contribution in [3.05, 3.63) is 57.1 Å². The minimum absolute atomic E-state index is 0.0858. The van der Waals surface area contributed by atoms with Crippen LogP contribution >= 0.6 is 23.2 Å². The third-order valence-electron chi connectivity index (χ3n) is 3.22. The molecule has 0 saturated heterocycles. The summed E-state index contributed by atoms with van der Waals surface area (Å²) in [6.07, 6.45) is 0. The Hall–Kier alpha value is -1.85. The number of hydrogen-bond donors (Lipinski definition) is 2. The van der Waals surface area contributed by atoms with Crippen LogP contribution in [0.5, 0.6) is 0 Å². The Balaban J connectivity index is 2.04. The van der Waals surface area contributed by atoms with Gasteiger partial charge in [0, 0.05) is 15.7 Å². The summed E-state index contributed by atoms with van der Waals surface area (Å²) in [5.41, 5.74) is 8.59. The van der Waals surface area contributed by atoms with E-state index in [0.717, 1.165) is 22.8 Å². The summed E-state index contributed by atoms with van der Waals surface area (Å²) >= 11 is 12.1. The van der Waals surface area contributed by atoms with Gasteiger partial charge in [-0.1, -0.05) is 29.3 Å². The number of nitrogens with zero attached hydrogens (tertiary/aromatic N) is 3. The van der Waals surface area contributed by atoms with Crippen LogP contribution in [0.4, 0.5) is 0 Å². The molecule has 0 aliphatic rings. The molecule has 2 aromatic rings. The number of nitrogens with two attached hydrogens (primary N) is 1. The van der Waals surface area contributed by atoms with Crippen molar-refractivity contribution in [2.24, 2.45) is 10.7 Å². The van der Waals surface area contributed by atoms with Crippen LogP contribution in [-0.4, -0.2) is 15.9 Å². The number of rotatable bonds is 4. The van der Waals surface area contributed by atoms with Gasteiger partial charge < -0.3 is 11.1 Å². The highest BCUT2D eigenvalue weighted by molar-refractivity contribution is 6.35. The zero-order chi connectivity index (χ0) is 17.0. The molecule has 7 heteroatoms. The fourth-order valence-corrected chi connectivity index (χ4v) is 2.81.